The van der Waals surface area contributed by atoms with Gasteiger partial charge in [-0.15, -0.1) is 52.7 Å². The summed E-state index contributed by atoms with van der Waals surface area (Å²) >= 11 is 32.1. The van der Waals surface area contributed by atoms with Crippen LogP contribution in [0.2, 0.25) is 25.1 Å². The van der Waals surface area contributed by atoms with Gasteiger partial charge in [0.05, 0.1) is 136 Å². The maximum Gasteiger partial charge on any atom is 0.573 e. The van der Waals surface area contributed by atoms with Crippen molar-refractivity contribution >= 4 is 165 Å². The third-order valence-electron chi connectivity index (χ3n) is 22.9. The molecule has 17 rings (SSSR count). The molecule has 27 nitrogen and oxygen atoms in total. The van der Waals surface area contributed by atoms with E-state index >= 15 is 0 Å². The normalized spacial score (nSPS) is 15.6. The number of halogens is 17. The number of para-hydroxylation sites is 4. The molecule has 5 aliphatic heterocycles. The number of morpholine rings is 5. The Morgan fingerprint density at radius 1 is 0.360 bits per heavy atom. The van der Waals surface area contributed by atoms with E-state index in [1.165, 1.54) is 48.5 Å². The summed E-state index contributed by atoms with van der Waals surface area (Å²) in [4.78, 5) is 48.8. The lowest BCUT2D eigenvalue weighted by molar-refractivity contribution is -0.384. The van der Waals surface area contributed by atoms with Crippen molar-refractivity contribution in [1.29, 1.82) is 0 Å². The van der Waals surface area contributed by atoms with Gasteiger partial charge in [0, 0.05) is 181 Å². The van der Waals surface area contributed by atoms with E-state index < -0.39 is 41.8 Å². The van der Waals surface area contributed by atoms with Crippen molar-refractivity contribution < 1.29 is 100 Å². The van der Waals surface area contributed by atoms with E-state index in [2.05, 4.69) is 53.7 Å². The molecule has 4 aromatic heterocycles. The molecule has 0 saturated carbocycles. The molecular weight excluding hydrogens is 1950 g/mol. The average molecular weight is 2040 g/mol. The first kappa shape index (κ1) is 104. The Morgan fingerprint density at radius 3 is 1.09 bits per heavy atom. The van der Waals surface area contributed by atoms with Gasteiger partial charge in [-0.25, -0.2) is 19.9 Å². The van der Waals surface area contributed by atoms with Crippen molar-refractivity contribution in [3.63, 3.8) is 0 Å². The van der Waals surface area contributed by atoms with Gasteiger partial charge in [-0.05, 0) is 134 Å². The van der Waals surface area contributed by atoms with Gasteiger partial charge in [-0.1, -0.05) is 107 Å². The zero-order valence-corrected chi connectivity index (χ0v) is 78.4. The predicted octanol–water partition coefficient (Wildman–Crippen LogP) is 21.3. The number of nitro benzene ring substituents is 1. The number of nitro groups is 1. The van der Waals surface area contributed by atoms with Crippen molar-refractivity contribution in [3.05, 3.63) is 229 Å². The van der Waals surface area contributed by atoms with Crippen LogP contribution in [-0.2, 0) is 23.7 Å². The highest BCUT2D eigenvalue weighted by Crippen LogP contribution is 2.43. The maximum atomic E-state index is 12.8. The Morgan fingerprint density at radius 2 is 0.691 bits per heavy atom. The Balaban J connectivity index is 0.000000149. The smallest absolute Gasteiger partial charge is 0.406 e. The Labute approximate surface area is 816 Å². The first-order valence-corrected chi connectivity index (χ1v) is 46.3. The van der Waals surface area contributed by atoms with Crippen LogP contribution in [-0.4, -0.2) is 272 Å². The minimum atomic E-state index is -4.97. The first-order chi connectivity index (χ1) is 66.7. The summed E-state index contributed by atoms with van der Waals surface area (Å²) in [5.41, 5.74) is 11.0. The average Bonchev–Trinajstić information content (AvgIpc) is 0.786. The number of rotatable bonds is 30. The Hall–Kier alpha value is -11.0. The highest BCUT2D eigenvalue weighted by Gasteiger charge is 2.37. The van der Waals surface area contributed by atoms with Gasteiger partial charge in [0.15, 0.2) is 0 Å². The molecule has 0 unspecified atom stereocenters. The van der Waals surface area contributed by atoms with E-state index in [9.17, 15) is 62.8 Å². The summed E-state index contributed by atoms with van der Waals surface area (Å²) in [5, 5.41) is 21.1. The molecule has 12 aromatic rings. The number of nitrogens with one attached hydrogen (secondary N) is 1. The minimum Gasteiger partial charge on any atom is -0.406 e. The van der Waals surface area contributed by atoms with Crippen LogP contribution in [0.1, 0.15) is 6.42 Å². The first-order valence-electron chi connectivity index (χ1n) is 44.4. The number of hydrogen-bond donors (Lipinski definition) is 2. The monoisotopic (exact) mass is 2040 g/mol. The van der Waals surface area contributed by atoms with Crippen LogP contribution in [0.4, 0.5) is 116 Å². The fourth-order valence-corrected chi connectivity index (χ4v) is 17.2. The number of nitrogens with two attached hydrogens (primary N) is 1. The molecule has 139 heavy (non-hydrogen) atoms. The van der Waals surface area contributed by atoms with E-state index in [0.717, 1.165) is 131 Å². The quantitative estimate of drug-likeness (QED) is 0.0140. The van der Waals surface area contributed by atoms with Gasteiger partial charge in [0.25, 0.3) is 5.69 Å². The molecule has 8 aromatic carbocycles. The number of fused-ring (bicyclic) bond motifs is 4. The van der Waals surface area contributed by atoms with Crippen molar-refractivity contribution in [3.8, 4) is 23.0 Å². The standard InChI is InChI=1S/C29H35ClF3N5O3.C22H20Cl2F3N3O2.C22H20ClF3N4O4.C22H22ClF3N4O2/c30-25-4-1-3-24-26(34-9-2-10-36-13-17-39-18-14-36)21-27(35-28(24)25)38(12-11-37-15-19-40-20-16-37)22-5-7-23(8-6-22)41-29(31,32)33;23-18-3-1-2-17-19(24)14-20(28-21(17)18)30(9-8-29-10-12-31-13-11-29)15-4-6-16(7-5-15)32-22(25,26)27;23-17-3-1-2-15-4-7-20(27-21(15)17)29(9-8-28-10-12-33-13-11-28)18-6-5-16(34-22(24,25)26)14-19(18)30(31)32;23-17-3-1-2-15-4-7-20(28-21(15)17)30(9-8-29-10-12-31-13-11-29)19-6-5-16(14-18(19)27)32-22(24,25)26/h1,3-8,21H,2,9-20H2,(H,34,35);1-7,14H,8-13H2;1-7,14H,8-13H2;1-7,14H,8-13,27H2. The predicted molar refractivity (Wildman–Crippen MR) is 513 cm³/mol. The maximum absolute atomic E-state index is 12.8. The highest BCUT2D eigenvalue weighted by molar-refractivity contribution is 6.39. The summed E-state index contributed by atoms with van der Waals surface area (Å²) < 4.78 is 195. The largest absolute Gasteiger partial charge is 0.573 e. The van der Waals surface area contributed by atoms with E-state index in [-0.39, 0.29) is 28.6 Å². The summed E-state index contributed by atoms with van der Waals surface area (Å²) in [6, 6.07) is 51.4. The molecule has 0 radical (unpaired) electrons. The third-order valence-corrected chi connectivity index (χ3v) is 24.5. The summed E-state index contributed by atoms with van der Waals surface area (Å²) in [7, 11) is 0. The molecule has 3 N–H and O–H groups in total. The van der Waals surface area contributed by atoms with Gasteiger partial charge in [-0.3, -0.25) is 34.6 Å². The van der Waals surface area contributed by atoms with E-state index in [1.807, 2.05) is 75.4 Å². The van der Waals surface area contributed by atoms with Crippen LogP contribution in [0.5, 0.6) is 23.0 Å². The van der Waals surface area contributed by atoms with Gasteiger partial charge >= 0.3 is 25.4 Å². The molecule has 5 aliphatic rings. The lowest BCUT2D eigenvalue weighted by Crippen LogP contribution is -2.40. The second kappa shape index (κ2) is 48.5. The lowest BCUT2D eigenvalue weighted by atomic mass is 10.1. The molecule has 9 heterocycles. The van der Waals surface area contributed by atoms with Crippen LogP contribution in [0.15, 0.2) is 194 Å². The summed E-state index contributed by atoms with van der Waals surface area (Å²) in [6.45, 7) is 21.2. The van der Waals surface area contributed by atoms with Crippen LogP contribution in [0, 0.1) is 10.1 Å². The van der Waals surface area contributed by atoms with Gasteiger partial charge in [-0.2, -0.15) is 0 Å². The van der Waals surface area contributed by atoms with Gasteiger partial charge in [0.2, 0.25) is 0 Å². The van der Waals surface area contributed by atoms with Crippen molar-refractivity contribution in [2.45, 2.75) is 31.9 Å². The van der Waals surface area contributed by atoms with Gasteiger partial charge < -0.3 is 73.3 Å². The summed E-state index contributed by atoms with van der Waals surface area (Å²) in [5.74, 6) is 0.560. The van der Waals surface area contributed by atoms with E-state index in [1.54, 1.807) is 77.7 Å². The highest BCUT2D eigenvalue weighted by atomic mass is 35.5. The topological polar surface area (TPSA) is 245 Å². The van der Waals surface area contributed by atoms with E-state index in [0.29, 0.717) is 199 Å². The molecule has 0 atom stereocenters. The third kappa shape index (κ3) is 30.3. The molecule has 5 saturated heterocycles. The molecule has 5 fully saturated rings. The number of nitrogen functional groups attached to an aromatic ring is 1. The zero-order chi connectivity index (χ0) is 98.4. The number of ether oxygens (including phenoxy) is 9. The number of aromatic nitrogens is 4. The molecule has 0 bridgehead atoms. The molecule has 742 valence electrons. The molecule has 44 heteroatoms. The number of anilines is 10. The molecule has 0 aliphatic carbocycles. The van der Waals surface area contributed by atoms with Crippen LogP contribution >= 0.6 is 58.0 Å². The molecular formula is C95H97Cl5F12N16O11. The number of alkyl halides is 12. The number of benzene rings is 8. The SMILES string of the molecule is FC(F)(F)Oc1ccc(N(CCN2CCOCC2)c2cc(Cl)c3cccc(Cl)c3n2)cc1.FC(F)(F)Oc1ccc(N(CCN2CCOCC2)c2cc(NCCCN3CCOCC3)c3cccc(Cl)c3n2)cc1.Nc1cc(OC(F)(F)F)ccc1N(CCN1CCOCC1)c1ccc2cccc(Cl)c2n1.O=[N+]([O-])c1cc(OC(F)(F)F)ccc1N(CCN1CCOCC1)c1ccc2cccc(Cl)c2n1. The molecule has 0 amide bonds. The van der Waals surface area contributed by atoms with Crippen LogP contribution in [0.25, 0.3) is 43.6 Å². The fraction of sp³-hybridized carbons (Fsp3) is 0.368. The van der Waals surface area contributed by atoms with E-state index in [4.69, 9.17) is 102 Å². The van der Waals surface area contributed by atoms with Gasteiger partial charge in [0.1, 0.15) is 52.0 Å². The van der Waals surface area contributed by atoms with Crippen molar-refractivity contribution in [2.75, 3.05) is 228 Å². The lowest BCUT2D eigenvalue weighted by Gasteiger charge is -2.31. The fourth-order valence-electron chi connectivity index (χ4n) is 16.1. The number of pyridine rings is 4. The second-order valence-corrected chi connectivity index (χ2v) is 34.2. The van der Waals surface area contributed by atoms with Crippen molar-refractivity contribution in [1.82, 2.24) is 44.4 Å². The molecule has 0 spiro atoms. The zero-order valence-electron chi connectivity index (χ0n) is 74.6. The minimum absolute atomic E-state index is 0.0895. The second-order valence-electron chi connectivity index (χ2n) is 32.2. The summed E-state index contributed by atoms with van der Waals surface area (Å²) in [6.07, 6.45) is -18.3. The number of nitrogens with zero attached hydrogens (tertiary/aromatic N) is 14. The van der Waals surface area contributed by atoms with Crippen LogP contribution < -0.4 is 49.6 Å². The van der Waals surface area contributed by atoms with Crippen molar-refractivity contribution in [2.24, 2.45) is 0 Å². The Bertz CT molecular complexity index is 6080. The Kier molecular flexibility index (Phi) is 36.2. The van der Waals surface area contributed by atoms with Crippen LogP contribution in [0.3, 0.4) is 0 Å². The number of hydrogen-bond acceptors (Lipinski definition) is 26.